The molecule has 118 valence electrons. The van der Waals surface area contributed by atoms with Gasteiger partial charge in [-0.3, -0.25) is 9.80 Å². The van der Waals surface area contributed by atoms with Crippen LogP contribution in [0.15, 0.2) is 0 Å². The summed E-state index contributed by atoms with van der Waals surface area (Å²) in [6.07, 6.45) is 2.16. The standard InChI is InChI=1S/C15H31N3OS/c1-4-14(15(16)20)18-8-6-17(7-9-18)10-12-19-11-5-13(2)3/h13-14H,4-12H2,1-3H3,(H2,16,20). The van der Waals surface area contributed by atoms with Crippen molar-refractivity contribution in [3.05, 3.63) is 0 Å². The van der Waals surface area contributed by atoms with Crippen LogP contribution in [0.1, 0.15) is 33.6 Å². The van der Waals surface area contributed by atoms with Crippen LogP contribution in [0.5, 0.6) is 0 Å². The van der Waals surface area contributed by atoms with Gasteiger partial charge >= 0.3 is 0 Å². The van der Waals surface area contributed by atoms with E-state index in [9.17, 15) is 0 Å². The van der Waals surface area contributed by atoms with Crippen LogP contribution in [-0.2, 0) is 4.74 Å². The van der Waals surface area contributed by atoms with E-state index in [-0.39, 0.29) is 6.04 Å². The van der Waals surface area contributed by atoms with Crippen molar-refractivity contribution in [2.45, 2.75) is 39.7 Å². The number of hydrogen-bond donors (Lipinski definition) is 1. The normalized spacial score (nSPS) is 19.4. The zero-order valence-corrected chi connectivity index (χ0v) is 14.1. The SMILES string of the molecule is CCC(C(N)=S)N1CCN(CCOCCC(C)C)CC1. The van der Waals surface area contributed by atoms with Crippen molar-refractivity contribution in [1.29, 1.82) is 0 Å². The molecule has 20 heavy (non-hydrogen) atoms. The second kappa shape index (κ2) is 9.66. The third-order valence-electron chi connectivity index (χ3n) is 3.95. The number of piperazine rings is 1. The summed E-state index contributed by atoms with van der Waals surface area (Å²) >= 11 is 5.15. The second-order valence-corrected chi connectivity index (χ2v) is 6.47. The molecule has 0 amide bonds. The number of nitrogens with zero attached hydrogens (tertiary/aromatic N) is 2. The second-order valence-electron chi connectivity index (χ2n) is 6.00. The number of rotatable bonds is 9. The molecule has 0 aromatic rings. The van der Waals surface area contributed by atoms with Crippen LogP contribution in [0, 0.1) is 5.92 Å². The molecule has 0 saturated carbocycles. The van der Waals surface area contributed by atoms with Gasteiger partial charge in [0.1, 0.15) is 0 Å². The van der Waals surface area contributed by atoms with Crippen LogP contribution in [0.2, 0.25) is 0 Å². The van der Waals surface area contributed by atoms with Gasteiger partial charge in [-0.05, 0) is 18.8 Å². The van der Waals surface area contributed by atoms with Gasteiger partial charge in [-0.2, -0.15) is 0 Å². The Bertz CT molecular complexity index is 278. The molecule has 0 aliphatic carbocycles. The third kappa shape index (κ3) is 6.48. The molecule has 0 spiro atoms. The van der Waals surface area contributed by atoms with Gasteiger partial charge in [-0.25, -0.2) is 0 Å². The van der Waals surface area contributed by atoms with Gasteiger partial charge < -0.3 is 10.5 Å². The van der Waals surface area contributed by atoms with Gasteiger partial charge in [-0.1, -0.05) is 33.0 Å². The first kappa shape index (κ1) is 17.8. The average molecular weight is 302 g/mol. The molecule has 2 N–H and O–H groups in total. The van der Waals surface area contributed by atoms with Gasteiger partial charge in [0.05, 0.1) is 17.6 Å². The number of nitrogens with two attached hydrogens (primary N) is 1. The molecule has 1 saturated heterocycles. The smallest absolute Gasteiger partial charge is 0.0901 e. The highest BCUT2D eigenvalue weighted by atomic mass is 32.1. The summed E-state index contributed by atoms with van der Waals surface area (Å²) in [6, 6.07) is 0.273. The van der Waals surface area contributed by atoms with Crippen molar-refractivity contribution < 1.29 is 4.74 Å². The van der Waals surface area contributed by atoms with E-state index in [4.69, 9.17) is 22.7 Å². The molecular formula is C15H31N3OS. The highest BCUT2D eigenvalue weighted by Gasteiger charge is 2.23. The summed E-state index contributed by atoms with van der Waals surface area (Å²) in [7, 11) is 0. The maximum Gasteiger partial charge on any atom is 0.0901 e. The Morgan fingerprint density at radius 1 is 1.20 bits per heavy atom. The van der Waals surface area contributed by atoms with E-state index < -0.39 is 0 Å². The Morgan fingerprint density at radius 2 is 1.85 bits per heavy atom. The molecule has 1 atom stereocenters. The Kier molecular flexibility index (Phi) is 8.61. The van der Waals surface area contributed by atoms with E-state index in [1.54, 1.807) is 0 Å². The van der Waals surface area contributed by atoms with Crippen molar-refractivity contribution in [2.24, 2.45) is 11.7 Å². The third-order valence-corrected chi connectivity index (χ3v) is 4.23. The largest absolute Gasteiger partial charge is 0.392 e. The quantitative estimate of drug-likeness (QED) is 0.519. The van der Waals surface area contributed by atoms with Gasteiger partial charge in [0, 0.05) is 39.3 Å². The van der Waals surface area contributed by atoms with E-state index in [0.29, 0.717) is 4.99 Å². The molecule has 1 fully saturated rings. The Hall–Kier alpha value is -0.230. The Balaban J connectivity index is 2.14. The highest BCUT2D eigenvalue weighted by molar-refractivity contribution is 7.80. The lowest BCUT2D eigenvalue weighted by molar-refractivity contribution is 0.0662. The minimum atomic E-state index is 0.273. The first-order chi connectivity index (χ1) is 9.54. The van der Waals surface area contributed by atoms with Crippen LogP contribution in [-0.4, -0.2) is 66.8 Å². The monoisotopic (exact) mass is 301 g/mol. The van der Waals surface area contributed by atoms with Crippen LogP contribution in [0.25, 0.3) is 0 Å². The van der Waals surface area contributed by atoms with Gasteiger partial charge in [0.2, 0.25) is 0 Å². The molecule has 1 aliphatic rings. The fourth-order valence-corrected chi connectivity index (χ4v) is 2.87. The fraction of sp³-hybridized carbons (Fsp3) is 0.933. The molecule has 4 nitrogen and oxygen atoms in total. The molecule has 1 unspecified atom stereocenters. The van der Waals surface area contributed by atoms with Gasteiger partial charge in [-0.15, -0.1) is 0 Å². The Labute approximate surface area is 129 Å². The fourth-order valence-electron chi connectivity index (χ4n) is 2.55. The summed E-state index contributed by atoms with van der Waals surface area (Å²) in [5, 5.41) is 0. The van der Waals surface area contributed by atoms with E-state index in [1.165, 1.54) is 0 Å². The predicted molar refractivity (Wildman–Crippen MR) is 89.2 cm³/mol. The molecule has 1 rings (SSSR count). The molecular weight excluding hydrogens is 270 g/mol. The van der Waals surface area contributed by atoms with Crippen LogP contribution >= 0.6 is 12.2 Å². The van der Waals surface area contributed by atoms with Crippen molar-refractivity contribution in [2.75, 3.05) is 45.9 Å². The Morgan fingerprint density at radius 3 is 2.35 bits per heavy atom. The number of ether oxygens (including phenoxy) is 1. The van der Waals surface area contributed by atoms with Crippen LogP contribution in [0.3, 0.4) is 0 Å². The van der Waals surface area contributed by atoms with E-state index >= 15 is 0 Å². The first-order valence-electron chi connectivity index (χ1n) is 7.88. The molecule has 1 heterocycles. The predicted octanol–water partition coefficient (Wildman–Crippen LogP) is 1.73. The topological polar surface area (TPSA) is 41.7 Å². The summed E-state index contributed by atoms with van der Waals surface area (Å²) in [5.41, 5.74) is 5.81. The first-order valence-corrected chi connectivity index (χ1v) is 8.28. The summed E-state index contributed by atoms with van der Waals surface area (Å²) < 4.78 is 5.68. The summed E-state index contributed by atoms with van der Waals surface area (Å²) in [4.78, 5) is 5.52. The minimum Gasteiger partial charge on any atom is -0.392 e. The van der Waals surface area contributed by atoms with Crippen molar-refractivity contribution >= 4 is 17.2 Å². The highest BCUT2D eigenvalue weighted by Crippen LogP contribution is 2.09. The number of hydrogen-bond acceptors (Lipinski definition) is 4. The van der Waals surface area contributed by atoms with Crippen molar-refractivity contribution in [1.82, 2.24) is 9.80 Å². The van der Waals surface area contributed by atoms with Crippen LogP contribution in [0.4, 0.5) is 0 Å². The maximum atomic E-state index is 5.81. The number of thiocarbonyl (C=S) groups is 1. The molecule has 0 radical (unpaired) electrons. The summed E-state index contributed by atoms with van der Waals surface area (Å²) in [6.45, 7) is 13.7. The maximum absolute atomic E-state index is 5.81. The van der Waals surface area contributed by atoms with Crippen LogP contribution < -0.4 is 5.73 Å². The van der Waals surface area contributed by atoms with Gasteiger partial charge in [0.15, 0.2) is 0 Å². The van der Waals surface area contributed by atoms with E-state index in [1.807, 2.05) is 0 Å². The van der Waals surface area contributed by atoms with E-state index in [2.05, 4.69) is 30.6 Å². The molecule has 5 heteroatoms. The molecule has 0 aromatic heterocycles. The zero-order valence-electron chi connectivity index (χ0n) is 13.3. The van der Waals surface area contributed by atoms with E-state index in [0.717, 1.165) is 64.7 Å². The zero-order chi connectivity index (χ0) is 15.0. The summed E-state index contributed by atoms with van der Waals surface area (Å²) in [5.74, 6) is 0.727. The lowest BCUT2D eigenvalue weighted by Crippen LogP contribution is -2.53. The minimum absolute atomic E-state index is 0.273. The van der Waals surface area contributed by atoms with Crippen molar-refractivity contribution in [3.8, 4) is 0 Å². The lowest BCUT2D eigenvalue weighted by Gasteiger charge is -2.38. The molecule has 1 aliphatic heterocycles. The average Bonchev–Trinajstić information content (AvgIpc) is 2.40. The van der Waals surface area contributed by atoms with Gasteiger partial charge in [0.25, 0.3) is 0 Å². The molecule has 0 aromatic carbocycles. The lowest BCUT2D eigenvalue weighted by atomic mass is 10.1. The molecule has 0 bridgehead atoms. The van der Waals surface area contributed by atoms with Crippen molar-refractivity contribution in [3.63, 3.8) is 0 Å².